The zero-order chi connectivity index (χ0) is 19.5. The van der Waals surface area contributed by atoms with Crippen molar-refractivity contribution in [1.29, 1.82) is 0 Å². The smallest absolute Gasteiger partial charge is 0.222 e. The van der Waals surface area contributed by atoms with Crippen LogP contribution in [0.3, 0.4) is 0 Å². The van der Waals surface area contributed by atoms with E-state index in [-0.39, 0.29) is 0 Å². The van der Waals surface area contributed by atoms with Crippen LogP contribution in [0.25, 0.3) is 0 Å². The third-order valence-corrected chi connectivity index (χ3v) is 5.11. The first-order chi connectivity index (χ1) is 13.6. The molecule has 0 atom stereocenters. The summed E-state index contributed by atoms with van der Waals surface area (Å²) < 4.78 is 7.88. The number of phenols is 1. The van der Waals surface area contributed by atoms with Crippen molar-refractivity contribution in [1.82, 2.24) is 19.7 Å². The second-order valence-electron chi connectivity index (χ2n) is 7.06. The lowest BCUT2D eigenvalue weighted by molar-refractivity contribution is 0.246. The first kappa shape index (κ1) is 18.3. The Bertz CT molecular complexity index is 916. The predicted octanol–water partition coefficient (Wildman–Crippen LogP) is 2.94. The molecule has 1 fully saturated rings. The van der Waals surface area contributed by atoms with Crippen molar-refractivity contribution in [3.05, 3.63) is 60.0 Å². The molecule has 7 nitrogen and oxygen atoms in total. The fourth-order valence-corrected chi connectivity index (χ4v) is 3.56. The monoisotopic (exact) mass is 379 g/mol. The molecule has 0 amide bonds. The highest BCUT2D eigenvalue weighted by molar-refractivity contribution is 5.49. The van der Waals surface area contributed by atoms with Crippen LogP contribution < -0.4 is 9.64 Å². The number of benzene rings is 1. The van der Waals surface area contributed by atoms with Crippen molar-refractivity contribution in [2.24, 2.45) is 7.05 Å². The van der Waals surface area contributed by atoms with E-state index in [9.17, 15) is 5.11 Å². The highest BCUT2D eigenvalue weighted by atomic mass is 16.5. The van der Waals surface area contributed by atoms with Gasteiger partial charge in [-0.2, -0.15) is 5.10 Å². The Morgan fingerprint density at radius 3 is 2.50 bits per heavy atom. The van der Waals surface area contributed by atoms with E-state index in [0.29, 0.717) is 11.5 Å². The van der Waals surface area contributed by atoms with Crippen molar-refractivity contribution in [2.75, 3.05) is 31.1 Å². The molecule has 0 bridgehead atoms. The average Bonchev–Trinajstić information content (AvgIpc) is 2.97. The lowest BCUT2D eigenvalue weighted by Gasteiger charge is -2.36. The van der Waals surface area contributed by atoms with Crippen molar-refractivity contribution in [3.8, 4) is 17.4 Å². The molecule has 28 heavy (non-hydrogen) atoms. The quantitative estimate of drug-likeness (QED) is 0.735. The maximum atomic E-state index is 9.47. The van der Waals surface area contributed by atoms with E-state index in [1.165, 1.54) is 0 Å². The van der Waals surface area contributed by atoms with E-state index >= 15 is 0 Å². The second-order valence-corrected chi connectivity index (χ2v) is 7.06. The average molecular weight is 379 g/mol. The van der Waals surface area contributed by atoms with Gasteiger partial charge in [-0.3, -0.25) is 9.88 Å². The molecule has 0 radical (unpaired) electrons. The van der Waals surface area contributed by atoms with Crippen LogP contribution in [-0.2, 0) is 13.6 Å². The molecule has 0 spiro atoms. The Kier molecular flexibility index (Phi) is 5.16. The summed E-state index contributed by atoms with van der Waals surface area (Å²) in [5, 5.41) is 14.0. The minimum absolute atomic E-state index is 0.301. The molecule has 1 aliphatic rings. The van der Waals surface area contributed by atoms with Crippen molar-refractivity contribution in [2.45, 2.75) is 13.5 Å². The molecule has 2 aromatic heterocycles. The second kappa shape index (κ2) is 7.90. The van der Waals surface area contributed by atoms with Gasteiger partial charge in [0, 0.05) is 51.7 Å². The molecule has 0 saturated carbocycles. The largest absolute Gasteiger partial charge is 0.508 e. The van der Waals surface area contributed by atoms with Gasteiger partial charge in [0.1, 0.15) is 11.5 Å². The molecule has 0 unspecified atom stereocenters. The first-order valence-corrected chi connectivity index (χ1v) is 9.47. The number of anilines is 1. The Morgan fingerprint density at radius 1 is 1.07 bits per heavy atom. The number of aromatic nitrogens is 3. The van der Waals surface area contributed by atoms with E-state index in [0.717, 1.165) is 55.5 Å². The van der Waals surface area contributed by atoms with Crippen molar-refractivity contribution >= 4 is 5.69 Å². The van der Waals surface area contributed by atoms with E-state index < -0.39 is 0 Å². The van der Waals surface area contributed by atoms with E-state index in [2.05, 4.69) is 19.9 Å². The lowest BCUT2D eigenvalue weighted by Crippen LogP contribution is -2.46. The maximum Gasteiger partial charge on any atom is 0.222 e. The van der Waals surface area contributed by atoms with Gasteiger partial charge in [-0.25, -0.2) is 4.68 Å². The van der Waals surface area contributed by atoms with E-state index in [1.807, 2.05) is 38.2 Å². The van der Waals surface area contributed by atoms with Crippen LogP contribution in [0.4, 0.5) is 5.69 Å². The minimum atomic E-state index is 0.301. The number of aryl methyl sites for hydroxylation is 2. The number of aromatic hydroxyl groups is 1. The fourth-order valence-electron chi connectivity index (χ4n) is 3.56. The summed E-state index contributed by atoms with van der Waals surface area (Å²) in [5.74, 6) is 1.78. The SMILES string of the molecule is Cc1nn(C)c(Oc2cccnc2)c1CN1CCN(c2ccc(O)cc2)CC1. The summed E-state index contributed by atoms with van der Waals surface area (Å²) in [6.07, 6.45) is 3.44. The summed E-state index contributed by atoms with van der Waals surface area (Å²) in [6.45, 7) is 6.64. The van der Waals surface area contributed by atoms with Crippen LogP contribution in [0.2, 0.25) is 0 Å². The van der Waals surface area contributed by atoms with Gasteiger partial charge in [0.15, 0.2) is 0 Å². The van der Waals surface area contributed by atoms with Crippen LogP contribution >= 0.6 is 0 Å². The molecule has 1 aliphatic heterocycles. The molecule has 0 aliphatic carbocycles. The number of hydrogen-bond donors (Lipinski definition) is 1. The van der Waals surface area contributed by atoms with Gasteiger partial charge in [-0.05, 0) is 43.3 Å². The third kappa shape index (κ3) is 3.94. The number of nitrogens with zero attached hydrogens (tertiary/aromatic N) is 5. The van der Waals surface area contributed by atoms with Crippen LogP contribution in [0.5, 0.6) is 17.4 Å². The van der Waals surface area contributed by atoms with Gasteiger partial charge in [-0.15, -0.1) is 0 Å². The number of hydrogen-bond acceptors (Lipinski definition) is 6. The number of phenolic OH excluding ortho intramolecular Hbond substituents is 1. The molecule has 1 aromatic carbocycles. The summed E-state index contributed by atoms with van der Waals surface area (Å²) in [6, 6.07) is 11.2. The number of rotatable bonds is 5. The van der Waals surface area contributed by atoms with Gasteiger partial charge in [-0.1, -0.05) is 0 Å². The zero-order valence-electron chi connectivity index (χ0n) is 16.2. The minimum Gasteiger partial charge on any atom is -0.508 e. The number of pyridine rings is 1. The predicted molar refractivity (Wildman–Crippen MR) is 108 cm³/mol. The molecular formula is C21H25N5O2. The number of ether oxygens (including phenoxy) is 1. The van der Waals surface area contributed by atoms with Crippen molar-refractivity contribution < 1.29 is 9.84 Å². The third-order valence-electron chi connectivity index (χ3n) is 5.11. The zero-order valence-corrected chi connectivity index (χ0v) is 16.2. The standard InChI is InChI=1S/C21H25N5O2/c1-16-20(21(24(2)23-16)28-19-4-3-9-22-14-19)15-25-10-12-26(13-11-25)17-5-7-18(27)8-6-17/h3-9,14,27H,10-13,15H2,1-2H3. The summed E-state index contributed by atoms with van der Waals surface area (Å²) in [5.41, 5.74) is 3.25. The molecule has 3 heterocycles. The molecule has 1 saturated heterocycles. The Morgan fingerprint density at radius 2 is 1.82 bits per heavy atom. The Hall–Kier alpha value is -3.06. The van der Waals surface area contributed by atoms with Crippen LogP contribution in [0, 0.1) is 6.92 Å². The van der Waals surface area contributed by atoms with Gasteiger partial charge in [0.2, 0.25) is 5.88 Å². The molecular weight excluding hydrogens is 354 g/mol. The fraction of sp³-hybridized carbons (Fsp3) is 0.333. The lowest BCUT2D eigenvalue weighted by atomic mass is 10.2. The van der Waals surface area contributed by atoms with Gasteiger partial charge >= 0.3 is 0 Å². The van der Waals surface area contributed by atoms with Gasteiger partial charge in [0.25, 0.3) is 0 Å². The molecule has 7 heteroatoms. The number of piperazine rings is 1. The van der Waals surface area contributed by atoms with Gasteiger partial charge in [0.05, 0.1) is 17.5 Å². The summed E-state index contributed by atoms with van der Waals surface area (Å²) in [7, 11) is 1.91. The van der Waals surface area contributed by atoms with Gasteiger partial charge < -0.3 is 14.7 Å². The first-order valence-electron chi connectivity index (χ1n) is 9.47. The topological polar surface area (TPSA) is 66.7 Å². The van der Waals surface area contributed by atoms with E-state index in [1.54, 1.807) is 29.2 Å². The molecule has 146 valence electrons. The molecule has 4 rings (SSSR count). The molecule has 1 N–H and O–H groups in total. The van der Waals surface area contributed by atoms with Crippen LogP contribution in [0.1, 0.15) is 11.3 Å². The van der Waals surface area contributed by atoms with Crippen LogP contribution in [-0.4, -0.2) is 50.9 Å². The van der Waals surface area contributed by atoms with E-state index in [4.69, 9.17) is 4.74 Å². The summed E-state index contributed by atoms with van der Waals surface area (Å²) >= 11 is 0. The normalized spacial score (nSPS) is 15.0. The maximum absolute atomic E-state index is 9.47. The van der Waals surface area contributed by atoms with Crippen LogP contribution in [0.15, 0.2) is 48.8 Å². The molecule has 3 aromatic rings. The Labute approximate surface area is 164 Å². The highest BCUT2D eigenvalue weighted by Crippen LogP contribution is 2.28. The van der Waals surface area contributed by atoms with Crippen molar-refractivity contribution in [3.63, 3.8) is 0 Å². The highest BCUT2D eigenvalue weighted by Gasteiger charge is 2.22. The Balaban J connectivity index is 1.43. The summed E-state index contributed by atoms with van der Waals surface area (Å²) in [4.78, 5) is 8.89.